The molecule has 0 unspecified atom stereocenters. The van der Waals surface area contributed by atoms with E-state index in [9.17, 15) is 13.2 Å². The number of anilines is 1. The molecule has 2 aromatic carbocycles. The molecule has 4 rings (SSSR count). The number of fused-ring (bicyclic) bond motifs is 1. The van der Waals surface area contributed by atoms with Gasteiger partial charge in [0.1, 0.15) is 0 Å². The molecule has 0 saturated carbocycles. The molecular weight excluding hydrogens is 432 g/mol. The zero-order valence-electron chi connectivity index (χ0n) is 17.8. The number of carbonyl (C=O) groups excluding carboxylic acids is 1. The van der Waals surface area contributed by atoms with Crippen LogP contribution in [0, 0.1) is 18.8 Å². The van der Waals surface area contributed by atoms with E-state index < -0.39 is 10.0 Å². The number of aromatic nitrogens is 1. The summed E-state index contributed by atoms with van der Waals surface area (Å²) in [5.41, 5.74) is 7.84. The van der Waals surface area contributed by atoms with Crippen LogP contribution in [0.4, 0.5) is 5.13 Å². The fourth-order valence-electron chi connectivity index (χ4n) is 4.00. The lowest BCUT2D eigenvalue weighted by molar-refractivity contribution is 0.0962. The molecule has 2 heterocycles. The van der Waals surface area contributed by atoms with Gasteiger partial charge in [-0.1, -0.05) is 31.3 Å². The Morgan fingerprint density at radius 1 is 1.10 bits per heavy atom. The second kappa shape index (κ2) is 8.57. The lowest BCUT2D eigenvalue weighted by Crippen LogP contribution is -2.42. The van der Waals surface area contributed by atoms with Crippen LogP contribution in [0.3, 0.4) is 0 Å². The van der Waals surface area contributed by atoms with Gasteiger partial charge in [-0.2, -0.15) is 4.31 Å². The number of benzene rings is 2. The fourth-order valence-corrected chi connectivity index (χ4v) is 6.59. The molecule has 1 aliphatic rings. The van der Waals surface area contributed by atoms with Crippen molar-refractivity contribution in [2.45, 2.75) is 32.1 Å². The van der Waals surface area contributed by atoms with Crippen LogP contribution >= 0.6 is 11.3 Å². The highest BCUT2D eigenvalue weighted by atomic mass is 32.2. The minimum absolute atomic E-state index is 0.208. The molecule has 2 atom stereocenters. The quantitative estimate of drug-likeness (QED) is 0.564. The Morgan fingerprint density at radius 3 is 2.45 bits per heavy atom. The molecule has 3 aromatic rings. The molecule has 1 saturated heterocycles. The fraction of sp³-hybridized carbons (Fsp3) is 0.364. The van der Waals surface area contributed by atoms with Gasteiger partial charge in [-0.15, -0.1) is 0 Å². The van der Waals surface area contributed by atoms with Crippen LogP contribution in [0.15, 0.2) is 47.4 Å². The number of nitrogens with zero attached hydrogens (tertiary/aromatic N) is 2. The monoisotopic (exact) mass is 458 g/mol. The maximum atomic E-state index is 13.0. The number of thiazole rings is 1. The van der Waals surface area contributed by atoms with Crippen LogP contribution in [0.1, 0.15) is 36.2 Å². The molecule has 164 valence electrons. The summed E-state index contributed by atoms with van der Waals surface area (Å²) in [5.74, 6) is 0.307. The van der Waals surface area contributed by atoms with E-state index in [0.29, 0.717) is 35.6 Å². The predicted molar refractivity (Wildman–Crippen MR) is 124 cm³/mol. The van der Waals surface area contributed by atoms with E-state index in [4.69, 9.17) is 0 Å². The van der Waals surface area contributed by atoms with Crippen LogP contribution in [-0.2, 0) is 10.0 Å². The smallest absolute Gasteiger partial charge is 0.269 e. The first-order valence-electron chi connectivity index (χ1n) is 10.3. The summed E-state index contributed by atoms with van der Waals surface area (Å²) < 4.78 is 28.6. The second-order valence-electron chi connectivity index (χ2n) is 8.36. The first-order chi connectivity index (χ1) is 14.7. The third-order valence-corrected chi connectivity index (χ3v) is 8.20. The molecule has 0 aliphatic carbocycles. The maximum Gasteiger partial charge on any atom is 0.269 e. The minimum Gasteiger partial charge on any atom is -0.273 e. The number of hydrogen-bond acceptors (Lipinski definition) is 6. The Bertz CT molecular complexity index is 1200. The molecule has 1 amide bonds. The second-order valence-corrected chi connectivity index (χ2v) is 11.3. The number of amides is 1. The molecule has 0 spiro atoms. The molecule has 1 aromatic heterocycles. The predicted octanol–water partition coefficient (Wildman–Crippen LogP) is 4.03. The largest absolute Gasteiger partial charge is 0.273 e. The Hall–Kier alpha value is -2.49. The number of hydrazine groups is 1. The average molecular weight is 459 g/mol. The zero-order chi connectivity index (χ0) is 22.2. The highest BCUT2D eigenvalue weighted by molar-refractivity contribution is 7.89. The third kappa shape index (κ3) is 4.73. The summed E-state index contributed by atoms with van der Waals surface area (Å²) in [5, 5.41) is 0.585. The highest BCUT2D eigenvalue weighted by Gasteiger charge is 2.31. The Labute approximate surface area is 186 Å². The summed E-state index contributed by atoms with van der Waals surface area (Å²) in [7, 11) is -3.57. The first-order valence-corrected chi connectivity index (χ1v) is 12.5. The Balaban J connectivity index is 1.42. The van der Waals surface area contributed by atoms with Gasteiger partial charge in [-0.3, -0.25) is 15.6 Å². The number of nitrogens with one attached hydrogen (secondary N) is 2. The minimum atomic E-state index is -3.57. The normalized spacial score (nSPS) is 20.0. The zero-order valence-corrected chi connectivity index (χ0v) is 19.4. The lowest BCUT2D eigenvalue weighted by Gasteiger charge is -2.34. The van der Waals surface area contributed by atoms with Crippen molar-refractivity contribution in [2.24, 2.45) is 11.8 Å². The molecule has 0 bridgehead atoms. The van der Waals surface area contributed by atoms with E-state index in [1.165, 1.54) is 35.6 Å². The molecule has 31 heavy (non-hydrogen) atoms. The summed E-state index contributed by atoms with van der Waals surface area (Å²) >= 11 is 1.45. The van der Waals surface area contributed by atoms with Gasteiger partial charge >= 0.3 is 0 Å². The Morgan fingerprint density at radius 2 is 1.77 bits per heavy atom. The number of rotatable bonds is 5. The molecule has 0 radical (unpaired) electrons. The number of carbonyl (C=O) groups is 1. The molecular formula is C22H26N4O3S2. The molecule has 1 fully saturated rings. The molecule has 2 N–H and O–H groups in total. The van der Waals surface area contributed by atoms with Gasteiger partial charge in [0.2, 0.25) is 15.2 Å². The SMILES string of the molecule is Cc1ccc2nc(NNC(=O)c3ccc(S(=O)(=O)N4C[C@H](C)C[C@@H](C)C4)cc3)sc2c1. The summed E-state index contributed by atoms with van der Waals surface area (Å²) in [6.45, 7) is 7.22. The highest BCUT2D eigenvalue weighted by Crippen LogP contribution is 2.27. The van der Waals surface area contributed by atoms with Crippen molar-refractivity contribution in [1.82, 2.24) is 14.7 Å². The first kappa shape index (κ1) is 21.7. The average Bonchev–Trinajstić information content (AvgIpc) is 3.13. The van der Waals surface area contributed by atoms with Gasteiger partial charge in [-0.25, -0.2) is 13.4 Å². The van der Waals surface area contributed by atoms with E-state index in [1.807, 2.05) is 25.1 Å². The van der Waals surface area contributed by atoms with Crippen LogP contribution in [0.2, 0.25) is 0 Å². The van der Waals surface area contributed by atoms with Gasteiger partial charge in [0.15, 0.2) is 0 Å². The van der Waals surface area contributed by atoms with Crippen molar-refractivity contribution in [3.63, 3.8) is 0 Å². The maximum absolute atomic E-state index is 13.0. The lowest BCUT2D eigenvalue weighted by atomic mass is 9.94. The number of sulfonamides is 1. The van der Waals surface area contributed by atoms with Crippen LogP contribution in [-0.4, -0.2) is 36.7 Å². The van der Waals surface area contributed by atoms with Gasteiger partial charge in [0.25, 0.3) is 5.91 Å². The van der Waals surface area contributed by atoms with Gasteiger partial charge < -0.3 is 0 Å². The van der Waals surface area contributed by atoms with E-state index >= 15 is 0 Å². The molecule has 1 aliphatic heterocycles. The van der Waals surface area contributed by atoms with Crippen molar-refractivity contribution in [3.8, 4) is 0 Å². The van der Waals surface area contributed by atoms with Crippen molar-refractivity contribution >= 4 is 42.6 Å². The summed E-state index contributed by atoms with van der Waals surface area (Å²) in [6, 6.07) is 12.0. The van der Waals surface area contributed by atoms with E-state index in [2.05, 4.69) is 29.7 Å². The van der Waals surface area contributed by atoms with Crippen molar-refractivity contribution < 1.29 is 13.2 Å². The molecule has 7 nitrogen and oxygen atoms in total. The van der Waals surface area contributed by atoms with E-state index in [-0.39, 0.29) is 10.8 Å². The van der Waals surface area contributed by atoms with Crippen LogP contribution in [0.5, 0.6) is 0 Å². The number of aryl methyl sites for hydroxylation is 1. The van der Waals surface area contributed by atoms with Gasteiger partial charge in [0, 0.05) is 18.7 Å². The van der Waals surface area contributed by atoms with Gasteiger partial charge in [0.05, 0.1) is 15.1 Å². The van der Waals surface area contributed by atoms with Crippen LogP contribution in [0.25, 0.3) is 10.2 Å². The van der Waals surface area contributed by atoms with Crippen molar-refractivity contribution in [3.05, 3.63) is 53.6 Å². The topological polar surface area (TPSA) is 91.4 Å². The van der Waals surface area contributed by atoms with Crippen molar-refractivity contribution in [1.29, 1.82) is 0 Å². The summed E-state index contributed by atoms with van der Waals surface area (Å²) in [4.78, 5) is 17.1. The van der Waals surface area contributed by atoms with Gasteiger partial charge in [-0.05, 0) is 67.1 Å². The summed E-state index contributed by atoms with van der Waals surface area (Å²) in [6.07, 6.45) is 1.03. The standard InChI is InChI=1S/C22H26N4O3S2/c1-14-4-9-19-20(11-14)30-22(23-19)25-24-21(27)17-5-7-18(8-6-17)31(28,29)26-12-15(2)10-16(3)13-26/h4-9,11,15-16H,10,12-13H2,1-3H3,(H,23,25)(H,24,27)/t15-,16-/m1/s1. The third-order valence-electron chi connectivity index (χ3n) is 5.42. The number of hydrogen-bond donors (Lipinski definition) is 2. The van der Waals surface area contributed by atoms with E-state index in [0.717, 1.165) is 22.2 Å². The number of piperidine rings is 1. The van der Waals surface area contributed by atoms with E-state index in [1.54, 1.807) is 4.31 Å². The Kier molecular flexibility index (Phi) is 6.00. The molecule has 9 heteroatoms. The van der Waals surface area contributed by atoms with Crippen molar-refractivity contribution in [2.75, 3.05) is 18.5 Å². The van der Waals surface area contributed by atoms with Crippen LogP contribution < -0.4 is 10.9 Å².